The fourth-order valence-corrected chi connectivity index (χ4v) is 1.03. The van der Waals surface area contributed by atoms with Gasteiger partial charge in [0.2, 0.25) is 5.91 Å². The SMILES string of the molecule is CN(C)C/C=C1\CCNC1=O. The monoisotopic (exact) mass is 154 g/mol. The van der Waals surface area contributed by atoms with Gasteiger partial charge >= 0.3 is 0 Å². The second-order valence-corrected chi connectivity index (χ2v) is 3.00. The second kappa shape index (κ2) is 3.53. The number of hydrogen-bond donors (Lipinski definition) is 1. The van der Waals surface area contributed by atoms with Crippen LogP contribution in [-0.4, -0.2) is 38.0 Å². The van der Waals surface area contributed by atoms with Gasteiger partial charge in [-0.15, -0.1) is 0 Å². The average Bonchev–Trinajstić information content (AvgIpc) is 2.31. The minimum absolute atomic E-state index is 0.104. The Morgan fingerprint density at radius 1 is 1.64 bits per heavy atom. The molecule has 1 aliphatic rings. The van der Waals surface area contributed by atoms with Crippen molar-refractivity contribution in [2.45, 2.75) is 6.42 Å². The molecule has 1 amide bonds. The first-order chi connectivity index (χ1) is 5.20. The third-order valence-corrected chi connectivity index (χ3v) is 1.67. The third-order valence-electron chi connectivity index (χ3n) is 1.67. The number of carbonyl (C=O) groups excluding carboxylic acids is 1. The first kappa shape index (κ1) is 8.27. The highest BCUT2D eigenvalue weighted by Gasteiger charge is 2.14. The second-order valence-electron chi connectivity index (χ2n) is 3.00. The molecule has 0 saturated carbocycles. The van der Waals surface area contributed by atoms with E-state index in [1.807, 2.05) is 25.1 Å². The molecule has 1 fully saturated rings. The van der Waals surface area contributed by atoms with E-state index in [1.165, 1.54) is 0 Å². The summed E-state index contributed by atoms with van der Waals surface area (Å²) in [6, 6.07) is 0. The lowest BCUT2D eigenvalue weighted by molar-refractivity contribution is -0.116. The van der Waals surface area contributed by atoms with Crippen molar-refractivity contribution in [3.05, 3.63) is 11.6 Å². The van der Waals surface area contributed by atoms with Crippen molar-refractivity contribution in [2.24, 2.45) is 0 Å². The molecule has 0 spiro atoms. The zero-order valence-electron chi connectivity index (χ0n) is 7.05. The van der Waals surface area contributed by atoms with Crippen LogP contribution in [0, 0.1) is 0 Å². The van der Waals surface area contributed by atoms with Gasteiger partial charge in [-0.3, -0.25) is 4.79 Å². The molecular weight excluding hydrogens is 140 g/mol. The zero-order valence-corrected chi connectivity index (χ0v) is 7.05. The summed E-state index contributed by atoms with van der Waals surface area (Å²) in [4.78, 5) is 13.0. The zero-order chi connectivity index (χ0) is 8.27. The number of hydrogen-bond acceptors (Lipinski definition) is 2. The first-order valence-corrected chi connectivity index (χ1v) is 3.82. The molecule has 0 atom stereocenters. The number of nitrogens with one attached hydrogen (secondary N) is 1. The summed E-state index contributed by atoms with van der Waals surface area (Å²) < 4.78 is 0. The lowest BCUT2D eigenvalue weighted by Gasteiger charge is -2.04. The molecular formula is C8H14N2O. The molecule has 1 rings (SSSR count). The minimum Gasteiger partial charge on any atom is -0.352 e. The Balaban J connectivity index is 2.45. The van der Waals surface area contributed by atoms with Crippen molar-refractivity contribution in [3.8, 4) is 0 Å². The average molecular weight is 154 g/mol. The van der Waals surface area contributed by atoms with Gasteiger partial charge in [0.05, 0.1) is 0 Å². The van der Waals surface area contributed by atoms with Crippen LogP contribution >= 0.6 is 0 Å². The number of rotatable bonds is 2. The number of nitrogens with zero attached hydrogens (tertiary/aromatic N) is 1. The van der Waals surface area contributed by atoms with E-state index in [2.05, 4.69) is 5.32 Å². The van der Waals surface area contributed by atoms with Crippen LogP contribution in [0.2, 0.25) is 0 Å². The van der Waals surface area contributed by atoms with E-state index in [4.69, 9.17) is 0 Å². The van der Waals surface area contributed by atoms with Gasteiger partial charge in [0.15, 0.2) is 0 Å². The van der Waals surface area contributed by atoms with Crippen molar-refractivity contribution in [3.63, 3.8) is 0 Å². The molecule has 1 N–H and O–H groups in total. The van der Waals surface area contributed by atoms with Crippen LogP contribution < -0.4 is 5.32 Å². The fourth-order valence-electron chi connectivity index (χ4n) is 1.03. The maximum Gasteiger partial charge on any atom is 0.247 e. The molecule has 0 bridgehead atoms. The topological polar surface area (TPSA) is 32.3 Å². The molecule has 0 aliphatic carbocycles. The fraction of sp³-hybridized carbons (Fsp3) is 0.625. The van der Waals surface area contributed by atoms with Crippen molar-refractivity contribution < 1.29 is 4.79 Å². The van der Waals surface area contributed by atoms with Gasteiger partial charge in [0.25, 0.3) is 0 Å². The van der Waals surface area contributed by atoms with Gasteiger partial charge in [-0.05, 0) is 20.5 Å². The van der Waals surface area contributed by atoms with E-state index in [9.17, 15) is 4.79 Å². The molecule has 0 aromatic heterocycles. The number of likely N-dealkylation sites (N-methyl/N-ethyl adjacent to an activating group) is 1. The van der Waals surface area contributed by atoms with Crippen LogP contribution in [0.15, 0.2) is 11.6 Å². The highest BCUT2D eigenvalue weighted by molar-refractivity contribution is 5.95. The largest absolute Gasteiger partial charge is 0.352 e. The Kier molecular flexibility index (Phi) is 2.65. The molecule has 11 heavy (non-hydrogen) atoms. The maximum absolute atomic E-state index is 11.0. The lowest BCUT2D eigenvalue weighted by Crippen LogP contribution is -2.16. The maximum atomic E-state index is 11.0. The highest BCUT2D eigenvalue weighted by atomic mass is 16.1. The predicted octanol–water partition coefficient (Wildman–Crippen LogP) is -0.00570. The van der Waals surface area contributed by atoms with Crippen molar-refractivity contribution in [1.29, 1.82) is 0 Å². The van der Waals surface area contributed by atoms with Gasteiger partial charge in [0, 0.05) is 18.7 Å². The summed E-state index contributed by atoms with van der Waals surface area (Å²) in [6.45, 7) is 1.65. The van der Waals surface area contributed by atoms with Crippen LogP contribution in [0.4, 0.5) is 0 Å². The summed E-state index contributed by atoms with van der Waals surface area (Å²) in [6.07, 6.45) is 2.87. The molecule has 0 aromatic rings. The molecule has 3 nitrogen and oxygen atoms in total. The van der Waals surface area contributed by atoms with Crippen LogP contribution in [-0.2, 0) is 4.79 Å². The summed E-state index contributed by atoms with van der Waals surface area (Å²) >= 11 is 0. The molecule has 0 aromatic carbocycles. The van der Waals surface area contributed by atoms with Gasteiger partial charge in [-0.2, -0.15) is 0 Å². The number of carbonyl (C=O) groups is 1. The summed E-state index contributed by atoms with van der Waals surface area (Å²) in [7, 11) is 3.98. The van der Waals surface area contributed by atoms with E-state index in [0.717, 1.165) is 25.1 Å². The molecule has 0 unspecified atom stereocenters. The van der Waals surface area contributed by atoms with E-state index in [0.29, 0.717) is 0 Å². The quantitative estimate of drug-likeness (QED) is 0.567. The van der Waals surface area contributed by atoms with E-state index in [-0.39, 0.29) is 5.91 Å². The summed E-state index contributed by atoms with van der Waals surface area (Å²) in [5.74, 6) is 0.104. The van der Waals surface area contributed by atoms with Crippen LogP contribution in [0.3, 0.4) is 0 Å². The molecule has 0 radical (unpaired) electrons. The van der Waals surface area contributed by atoms with E-state index in [1.54, 1.807) is 0 Å². The molecule has 62 valence electrons. The highest BCUT2D eigenvalue weighted by Crippen LogP contribution is 2.06. The molecule has 1 saturated heterocycles. The normalized spacial score (nSPS) is 21.4. The van der Waals surface area contributed by atoms with Crippen molar-refractivity contribution >= 4 is 5.91 Å². The summed E-state index contributed by atoms with van der Waals surface area (Å²) in [5.41, 5.74) is 0.929. The lowest BCUT2D eigenvalue weighted by atomic mass is 10.2. The standard InChI is InChI=1S/C8H14N2O/c1-10(2)6-4-7-3-5-9-8(7)11/h4H,3,5-6H2,1-2H3,(H,9,11)/b7-4+. The molecule has 3 heteroatoms. The Morgan fingerprint density at radius 3 is 2.82 bits per heavy atom. The Hall–Kier alpha value is -0.830. The summed E-state index contributed by atoms with van der Waals surface area (Å²) in [5, 5.41) is 2.77. The van der Waals surface area contributed by atoms with Gasteiger partial charge < -0.3 is 10.2 Å². The smallest absolute Gasteiger partial charge is 0.247 e. The predicted molar refractivity (Wildman–Crippen MR) is 44.3 cm³/mol. The van der Waals surface area contributed by atoms with Crippen molar-refractivity contribution in [2.75, 3.05) is 27.2 Å². The number of amides is 1. The van der Waals surface area contributed by atoms with E-state index >= 15 is 0 Å². The Bertz CT molecular complexity index is 185. The first-order valence-electron chi connectivity index (χ1n) is 3.82. The van der Waals surface area contributed by atoms with Crippen LogP contribution in [0.25, 0.3) is 0 Å². The molecule has 1 aliphatic heterocycles. The Labute approximate surface area is 67.1 Å². The van der Waals surface area contributed by atoms with Gasteiger partial charge in [0.1, 0.15) is 0 Å². The minimum atomic E-state index is 0.104. The Morgan fingerprint density at radius 2 is 2.36 bits per heavy atom. The van der Waals surface area contributed by atoms with E-state index < -0.39 is 0 Å². The van der Waals surface area contributed by atoms with Crippen LogP contribution in [0.1, 0.15) is 6.42 Å². The van der Waals surface area contributed by atoms with Gasteiger partial charge in [-0.25, -0.2) is 0 Å². The molecule has 1 heterocycles. The van der Waals surface area contributed by atoms with Gasteiger partial charge in [-0.1, -0.05) is 6.08 Å². The van der Waals surface area contributed by atoms with Crippen LogP contribution in [0.5, 0.6) is 0 Å². The third kappa shape index (κ3) is 2.35. The van der Waals surface area contributed by atoms with Crippen molar-refractivity contribution in [1.82, 2.24) is 10.2 Å².